The molecule has 2 rings (SSSR count). The number of nitrogens with zero attached hydrogens (tertiary/aromatic N) is 1. The first-order valence-corrected chi connectivity index (χ1v) is 6.87. The minimum Gasteiger partial charge on any atom is -0.481 e. The Morgan fingerprint density at radius 2 is 2.21 bits per heavy atom. The van der Waals surface area contributed by atoms with E-state index in [4.69, 9.17) is 5.11 Å². The fourth-order valence-corrected chi connectivity index (χ4v) is 2.74. The third kappa shape index (κ3) is 3.94. The Morgan fingerprint density at radius 3 is 2.63 bits per heavy atom. The number of hydrogen-bond donors (Lipinski definition) is 1. The molecule has 0 radical (unpaired) electrons. The van der Waals surface area contributed by atoms with Gasteiger partial charge in [-0.15, -0.1) is 0 Å². The van der Waals surface area contributed by atoms with E-state index >= 15 is 0 Å². The minimum absolute atomic E-state index is 0.147. The topological polar surface area (TPSA) is 40.5 Å². The van der Waals surface area contributed by atoms with E-state index in [0.29, 0.717) is 12.8 Å². The predicted molar refractivity (Wildman–Crippen MR) is 65.0 cm³/mol. The SMILES string of the molecule is O=C(O)CC(N(Cc1ccsc1)C1CC1)C(F)(F)F. The molecule has 1 N–H and O–H groups in total. The Labute approximate surface area is 112 Å². The molecule has 106 valence electrons. The molecule has 1 aliphatic carbocycles. The van der Waals surface area contributed by atoms with Crippen molar-refractivity contribution in [1.29, 1.82) is 0 Å². The molecular formula is C12H14F3NO2S. The monoisotopic (exact) mass is 293 g/mol. The van der Waals surface area contributed by atoms with Gasteiger partial charge in [-0.05, 0) is 35.2 Å². The highest BCUT2D eigenvalue weighted by molar-refractivity contribution is 7.07. The Hall–Kier alpha value is -1.08. The number of aliphatic carboxylic acids is 1. The van der Waals surface area contributed by atoms with Crippen molar-refractivity contribution in [2.24, 2.45) is 0 Å². The highest BCUT2D eigenvalue weighted by atomic mass is 32.1. The van der Waals surface area contributed by atoms with Gasteiger partial charge in [0.25, 0.3) is 0 Å². The van der Waals surface area contributed by atoms with Gasteiger partial charge in [0.05, 0.1) is 6.42 Å². The van der Waals surface area contributed by atoms with E-state index in [1.54, 1.807) is 16.8 Å². The molecule has 1 aromatic heterocycles. The van der Waals surface area contributed by atoms with Crippen LogP contribution in [-0.4, -0.2) is 34.2 Å². The molecule has 1 heterocycles. The number of alkyl halides is 3. The van der Waals surface area contributed by atoms with Gasteiger partial charge in [0.1, 0.15) is 6.04 Å². The van der Waals surface area contributed by atoms with Crippen molar-refractivity contribution in [1.82, 2.24) is 4.90 Å². The molecule has 0 amide bonds. The summed E-state index contributed by atoms with van der Waals surface area (Å²) in [6.07, 6.45) is -4.01. The van der Waals surface area contributed by atoms with Crippen LogP contribution in [0.5, 0.6) is 0 Å². The maximum Gasteiger partial charge on any atom is 0.404 e. The van der Waals surface area contributed by atoms with Gasteiger partial charge in [-0.2, -0.15) is 24.5 Å². The quantitative estimate of drug-likeness (QED) is 0.876. The molecule has 0 bridgehead atoms. The lowest BCUT2D eigenvalue weighted by Gasteiger charge is -2.32. The summed E-state index contributed by atoms with van der Waals surface area (Å²) < 4.78 is 39.1. The van der Waals surface area contributed by atoms with Gasteiger partial charge in [-0.25, -0.2) is 0 Å². The molecule has 1 fully saturated rings. The third-order valence-electron chi connectivity index (χ3n) is 3.11. The summed E-state index contributed by atoms with van der Waals surface area (Å²) in [5, 5.41) is 12.3. The highest BCUT2D eigenvalue weighted by Gasteiger charge is 2.48. The largest absolute Gasteiger partial charge is 0.481 e. The molecule has 1 aliphatic rings. The molecule has 1 atom stereocenters. The molecule has 19 heavy (non-hydrogen) atoms. The zero-order chi connectivity index (χ0) is 14.0. The molecule has 1 unspecified atom stereocenters. The fraction of sp³-hybridized carbons (Fsp3) is 0.583. The molecule has 0 saturated heterocycles. The van der Waals surface area contributed by atoms with Crippen LogP contribution in [0.4, 0.5) is 13.2 Å². The zero-order valence-electron chi connectivity index (χ0n) is 10.1. The van der Waals surface area contributed by atoms with Crippen LogP contribution in [-0.2, 0) is 11.3 Å². The van der Waals surface area contributed by atoms with Crippen LogP contribution in [0, 0.1) is 0 Å². The summed E-state index contributed by atoms with van der Waals surface area (Å²) in [6.45, 7) is 0.158. The van der Waals surface area contributed by atoms with Gasteiger partial charge >= 0.3 is 12.1 Å². The van der Waals surface area contributed by atoms with Crippen LogP contribution < -0.4 is 0 Å². The summed E-state index contributed by atoms with van der Waals surface area (Å²) in [4.78, 5) is 12.0. The molecule has 1 aromatic rings. The van der Waals surface area contributed by atoms with Crippen LogP contribution >= 0.6 is 11.3 Å². The van der Waals surface area contributed by atoms with Crippen LogP contribution in [0.3, 0.4) is 0 Å². The number of halogens is 3. The summed E-state index contributed by atoms with van der Waals surface area (Å²) in [5.41, 5.74) is 0.802. The number of rotatable bonds is 6. The lowest BCUT2D eigenvalue weighted by atomic mass is 10.1. The van der Waals surface area contributed by atoms with Crippen molar-refractivity contribution in [3.63, 3.8) is 0 Å². The van der Waals surface area contributed by atoms with Gasteiger partial charge in [0.15, 0.2) is 0 Å². The van der Waals surface area contributed by atoms with E-state index < -0.39 is 24.6 Å². The average Bonchev–Trinajstić information content (AvgIpc) is 3.00. The summed E-state index contributed by atoms with van der Waals surface area (Å²) in [7, 11) is 0. The second kappa shape index (κ2) is 5.50. The molecular weight excluding hydrogens is 279 g/mol. The Bertz CT molecular complexity index is 429. The molecule has 0 aromatic carbocycles. The van der Waals surface area contributed by atoms with Crippen LogP contribution in [0.15, 0.2) is 16.8 Å². The molecule has 7 heteroatoms. The van der Waals surface area contributed by atoms with E-state index in [2.05, 4.69) is 0 Å². The van der Waals surface area contributed by atoms with Crippen molar-refractivity contribution in [3.8, 4) is 0 Å². The predicted octanol–water partition coefficient (Wildman–Crippen LogP) is 3.12. The van der Waals surface area contributed by atoms with E-state index in [1.165, 1.54) is 16.2 Å². The van der Waals surface area contributed by atoms with Crippen molar-refractivity contribution in [2.75, 3.05) is 0 Å². The van der Waals surface area contributed by atoms with Gasteiger partial charge in [-0.3, -0.25) is 9.69 Å². The van der Waals surface area contributed by atoms with Gasteiger partial charge < -0.3 is 5.11 Å². The van der Waals surface area contributed by atoms with Crippen LogP contribution in [0.25, 0.3) is 0 Å². The van der Waals surface area contributed by atoms with Gasteiger partial charge in [0.2, 0.25) is 0 Å². The van der Waals surface area contributed by atoms with E-state index in [0.717, 1.165) is 5.56 Å². The average molecular weight is 293 g/mol. The standard InChI is InChI=1S/C12H14F3NO2S/c13-12(14,15)10(5-11(17)18)16(9-1-2-9)6-8-3-4-19-7-8/h3-4,7,9-10H,1-2,5-6H2,(H,17,18). The van der Waals surface area contributed by atoms with Gasteiger partial charge in [0, 0.05) is 12.6 Å². The summed E-state index contributed by atoms with van der Waals surface area (Å²) in [6, 6.07) is -0.280. The first kappa shape index (κ1) is 14.3. The number of thiophene rings is 1. The first-order valence-electron chi connectivity index (χ1n) is 5.93. The molecule has 0 spiro atoms. The van der Waals surface area contributed by atoms with Crippen LogP contribution in [0.2, 0.25) is 0 Å². The second-order valence-electron chi connectivity index (χ2n) is 4.69. The highest BCUT2D eigenvalue weighted by Crippen LogP contribution is 2.37. The Morgan fingerprint density at radius 1 is 1.53 bits per heavy atom. The first-order chi connectivity index (χ1) is 8.88. The van der Waals surface area contributed by atoms with E-state index in [1.807, 2.05) is 0 Å². The fourth-order valence-electron chi connectivity index (χ4n) is 2.08. The van der Waals surface area contributed by atoms with E-state index in [-0.39, 0.29) is 12.6 Å². The number of carbonyl (C=O) groups is 1. The van der Waals surface area contributed by atoms with Crippen molar-refractivity contribution < 1.29 is 23.1 Å². The Kier molecular flexibility index (Phi) is 4.15. The zero-order valence-corrected chi connectivity index (χ0v) is 10.9. The maximum atomic E-state index is 13.0. The molecule has 1 saturated carbocycles. The molecule has 0 aliphatic heterocycles. The van der Waals surface area contributed by atoms with Crippen LogP contribution in [0.1, 0.15) is 24.8 Å². The minimum atomic E-state index is -4.52. The third-order valence-corrected chi connectivity index (χ3v) is 3.84. The Balaban J connectivity index is 2.16. The van der Waals surface area contributed by atoms with Crippen molar-refractivity contribution in [2.45, 2.75) is 44.1 Å². The number of carboxylic acids is 1. The smallest absolute Gasteiger partial charge is 0.404 e. The van der Waals surface area contributed by atoms with Gasteiger partial charge in [-0.1, -0.05) is 0 Å². The number of carboxylic acid groups (broad SMARTS) is 1. The van der Waals surface area contributed by atoms with Crippen molar-refractivity contribution >= 4 is 17.3 Å². The van der Waals surface area contributed by atoms with E-state index in [9.17, 15) is 18.0 Å². The normalized spacial score (nSPS) is 17.7. The van der Waals surface area contributed by atoms with Crippen molar-refractivity contribution in [3.05, 3.63) is 22.4 Å². The lowest BCUT2D eigenvalue weighted by molar-refractivity contribution is -0.193. The summed E-state index contributed by atoms with van der Waals surface area (Å²) in [5.74, 6) is -1.42. The second-order valence-corrected chi connectivity index (χ2v) is 5.47. The number of hydrogen-bond acceptors (Lipinski definition) is 3. The maximum absolute atomic E-state index is 13.0. The lowest BCUT2D eigenvalue weighted by Crippen LogP contribution is -2.47. The molecule has 3 nitrogen and oxygen atoms in total. The summed E-state index contributed by atoms with van der Waals surface area (Å²) >= 11 is 1.42.